The molecule has 2 nitrogen and oxygen atoms in total. The van der Waals surface area contributed by atoms with Crippen molar-refractivity contribution in [3.63, 3.8) is 0 Å². The molecule has 0 atom stereocenters. The molecule has 0 heterocycles. The minimum absolute atomic E-state index is 0.374. The van der Waals surface area contributed by atoms with E-state index in [0.29, 0.717) is 6.54 Å². The fourth-order valence-electron chi connectivity index (χ4n) is 0.939. The topological polar surface area (TPSA) is 29.1 Å². The number of carbonyl (C=O) groups is 1. The maximum Gasteiger partial charge on any atom is 0.295 e. The largest absolute Gasteiger partial charge is 0.341 e. The maximum atomic E-state index is 10.7. The summed E-state index contributed by atoms with van der Waals surface area (Å²) in [6.45, 7) is 2.51. The Balaban J connectivity index is 2.52. The second-order valence-corrected chi connectivity index (χ2v) is 2.81. The molecule has 1 N–H and O–H groups in total. The fourth-order valence-corrected chi connectivity index (χ4v) is 0.939. The van der Waals surface area contributed by atoms with Gasteiger partial charge in [-0.25, -0.2) is 0 Å². The summed E-state index contributed by atoms with van der Waals surface area (Å²) < 4.78 is 0. The van der Waals surface area contributed by atoms with E-state index >= 15 is 0 Å². The van der Waals surface area contributed by atoms with Crippen LogP contribution in [0.25, 0.3) is 0 Å². The molecule has 0 aliphatic rings. The van der Waals surface area contributed by atoms with E-state index in [9.17, 15) is 4.79 Å². The second-order valence-electron chi connectivity index (χ2n) is 2.81. The minimum Gasteiger partial charge on any atom is -0.341 e. The number of benzene rings is 1. The third-order valence-corrected chi connectivity index (χ3v) is 1.70. The van der Waals surface area contributed by atoms with Gasteiger partial charge in [0.05, 0.1) is 0 Å². The highest BCUT2D eigenvalue weighted by Gasteiger charge is 1.95. The number of hydrogen-bond acceptors (Lipinski definition) is 1. The summed E-state index contributed by atoms with van der Waals surface area (Å²) >= 11 is 0. The van der Waals surface area contributed by atoms with E-state index in [-0.39, 0.29) is 5.91 Å². The van der Waals surface area contributed by atoms with Crippen LogP contribution in [-0.4, -0.2) is 5.91 Å². The van der Waals surface area contributed by atoms with Crippen molar-refractivity contribution in [2.45, 2.75) is 13.5 Å². The van der Waals surface area contributed by atoms with Crippen LogP contribution in [-0.2, 0) is 11.3 Å². The molecule has 1 aromatic rings. The molecule has 0 saturated heterocycles. The predicted molar refractivity (Wildman–Crippen MR) is 51.9 cm³/mol. The standard InChI is InChI=1S/C11H11NO/c1-3-11(13)12-8-10-6-4-9(2)5-7-10/h1,4-7H,8H2,2H3,(H,12,13). The van der Waals surface area contributed by atoms with Crippen molar-refractivity contribution < 1.29 is 4.79 Å². The lowest BCUT2D eigenvalue weighted by Gasteiger charge is -2.01. The van der Waals surface area contributed by atoms with Gasteiger partial charge in [-0.2, -0.15) is 0 Å². The van der Waals surface area contributed by atoms with Crippen LogP contribution in [0.2, 0.25) is 0 Å². The highest BCUT2D eigenvalue weighted by Crippen LogP contribution is 2.01. The van der Waals surface area contributed by atoms with Crippen LogP contribution in [0.4, 0.5) is 0 Å². The Kier molecular flexibility index (Phi) is 3.10. The number of hydrogen-bond donors (Lipinski definition) is 1. The average Bonchev–Trinajstić information content (AvgIpc) is 2.16. The van der Waals surface area contributed by atoms with Crippen molar-refractivity contribution in [2.24, 2.45) is 0 Å². The zero-order valence-electron chi connectivity index (χ0n) is 7.50. The summed E-state index contributed by atoms with van der Waals surface area (Å²) in [5.74, 6) is 1.62. The van der Waals surface area contributed by atoms with Crippen LogP contribution in [0.5, 0.6) is 0 Å². The SMILES string of the molecule is C#CC(=O)NCc1ccc(C)cc1. The fraction of sp³-hybridized carbons (Fsp3) is 0.182. The van der Waals surface area contributed by atoms with Crippen LogP contribution in [0.15, 0.2) is 24.3 Å². The summed E-state index contributed by atoms with van der Waals surface area (Å²) in [5.41, 5.74) is 2.25. The summed E-state index contributed by atoms with van der Waals surface area (Å²) in [5, 5.41) is 2.59. The van der Waals surface area contributed by atoms with Gasteiger partial charge in [-0.3, -0.25) is 4.79 Å². The molecule has 1 aromatic carbocycles. The first-order valence-corrected chi connectivity index (χ1v) is 4.02. The molecular formula is C11H11NO. The van der Waals surface area contributed by atoms with Crippen molar-refractivity contribution in [1.29, 1.82) is 0 Å². The molecule has 66 valence electrons. The third kappa shape index (κ3) is 3.00. The lowest BCUT2D eigenvalue weighted by atomic mass is 10.1. The molecule has 0 bridgehead atoms. The van der Waals surface area contributed by atoms with Crippen LogP contribution >= 0.6 is 0 Å². The van der Waals surface area contributed by atoms with Crippen molar-refractivity contribution in [3.8, 4) is 12.3 Å². The van der Waals surface area contributed by atoms with Crippen LogP contribution < -0.4 is 5.32 Å². The van der Waals surface area contributed by atoms with Gasteiger partial charge in [0, 0.05) is 6.54 Å². The highest BCUT2D eigenvalue weighted by atomic mass is 16.1. The summed E-state index contributed by atoms with van der Waals surface area (Å²) in [7, 11) is 0. The zero-order chi connectivity index (χ0) is 9.68. The van der Waals surface area contributed by atoms with E-state index in [4.69, 9.17) is 6.42 Å². The number of amides is 1. The Morgan fingerprint density at radius 1 is 1.46 bits per heavy atom. The number of rotatable bonds is 2. The number of aryl methyl sites for hydroxylation is 1. The summed E-state index contributed by atoms with van der Waals surface area (Å²) in [6.07, 6.45) is 4.90. The van der Waals surface area contributed by atoms with Gasteiger partial charge in [0.1, 0.15) is 0 Å². The molecule has 0 saturated carbocycles. The van der Waals surface area contributed by atoms with E-state index in [1.807, 2.05) is 37.1 Å². The van der Waals surface area contributed by atoms with Crippen LogP contribution in [0.3, 0.4) is 0 Å². The van der Waals surface area contributed by atoms with E-state index < -0.39 is 0 Å². The molecule has 0 aliphatic heterocycles. The van der Waals surface area contributed by atoms with Crippen molar-refractivity contribution in [1.82, 2.24) is 5.32 Å². The van der Waals surface area contributed by atoms with Gasteiger partial charge in [0.2, 0.25) is 0 Å². The van der Waals surface area contributed by atoms with Crippen LogP contribution in [0.1, 0.15) is 11.1 Å². The van der Waals surface area contributed by atoms with Crippen LogP contribution in [0, 0.1) is 19.3 Å². The predicted octanol–water partition coefficient (Wildman–Crippen LogP) is 1.24. The molecule has 0 spiro atoms. The molecule has 0 fully saturated rings. The number of terminal acetylenes is 1. The lowest BCUT2D eigenvalue weighted by Crippen LogP contribution is -2.20. The first-order chi connectivity index (χ1) is 6.22. The minimum atomic E-state index is -0.374. The first kappa shape index (κ1) is 9.34. The van der Waals surface area contributed by atoms with E-state index in [0.717, 1.165) is 5.56 Å². The van der Waals surface area contributed by atoms with Gasteiger partial charge < -0.3 is 5.32 Å². The molecule has 1 rings (SSSR count). The molecular weight excluding hydrogens is 162 g/mol. The Labute approximate surface area is 78.0 Å². The summed E-state index contributed by atoms with van der Waals surface area (Å²) in [4.78, 5) is 10.7. The molecule has 0 aromatic heterocycles. The van der Waals surface area contributed by atoms with Crippen molar-refractivity contribution in [3.05, 3.63) is 35.4 Å². The average molecular weight is 173 g/mol. The molecule has 0 aliphatic carbocycles. The van der Waals surface area contributed by atoms with E-state index in [2.05, 4.69) is 5.32 Å². The molecule has 2 heteroatoms. The highest BCUT2D eigenvalue weighted by molar-refractivity contribution is 5.92. The smallest absolute Gasteiger partial charge is 0.295 e. The lowest BCUT2D eigenvalue weighted by molar-refractivity contribution is -0.115. The van der Waals surface area contributed by atoms with E-state index in [1.165, 1.54) is 5.56 Å². The Bertz CT molecular complexity index is 332. The van der Waals surface area contributed by atoms with Crippen molar-refractivity contribution >= 4 is 5.91 Å². The third-order valence-electron chi connectivity index (χ3n) is 1.70. The normalized spacial score (nSPS) is 8.92. The zero-order valence-corrected chi connectivity index (χ0v) is 7.50. The van der Waals surface area contributed by atoms with Gasteiger partial charge in [-0.15, -0.1) is 6.42 Å². The second kappa shape index (κ2) is 4.32. The van der Waals surface area contributed by atoms with Gasteiger partial charge in [-0.1, -0.05) is 29.8 Å². The molecule has 1 amide bonds. The monoisotopic (exact) mass is 173 g/mol. The number of nitrogens with one attached hydrogen (secondary N) is 1. The summed E-state index contributed by atoms with van der Waals surface area (Å²) in [6, 6.07) is 7.92. The van der Waals surface area contributed by atoms with Crippen molar-refractivity contribution in [2.75, 3.05) is 0 Å². The Hall–Kier alpha value is -1.75. The Morgan fingerprint density at radius 2 is 2.08 bits per heavy atom. The quantitative estimate of drug-likeness (QED) is 0.670. The molecule has 0 unspecified atom stereocenters. The van der Waals surface area contributed by atoms with Gasteiger partial charge in [0.25, 0.3) is 5.91 Å². The number of carbonyl (C=O) groups excluding carboxylic acids is 1. The first-order valence-electron chi connectivity index (χ1n) is 4.02. The molecule has 13 heavy (non-hydrogen) atoms. The van der Waals surface area contributed by atoms with E-state index in [1.54, 1.807) is 0 Å². The van der Waals surface area contributed by atoms with Gasteiger partial charge >= 0.3 is 0 Å². The molecule has 0 radical (unpaired) electrons. The van der Waals surface area contributed by atoms with Gasteiger partial charge in [0.15, 0.2) is 0 Å². The maximum absolute atomic E-state index is 10.7. The van der Waals surface area contributed by atoms with Gasteiger partial charge in [-0.05, 0) is 18.4 Å². The Morgan fingerprint density at radius 3 is 2.62 bits per heavy atom.